The summed E-state index contributed by atoms with van der Waals surface area (Å²) in [4.78, 5) is 0. The van der Waals surface area contributed by atoms with E-state index in [1.54, 1.807) is 0 Å². The molecular formula is C24H60. The zero-order valence-corrected chi connectivity index (χ0v) is 21.1. The van der Waals surface area contributed by atoms with Crippen molar-refractivity contribution >= 4 is 0 Å². The molecule has 0 aromatic carbocycles. The molecule has 2 aliphatic carbocycles. The van der Waals surface area contributed by atoms with Gasteiger partial charge in [0.15, 0.2) is 0 Å². The fraction of sp³-hybridized carbons (Fsp3) is 1.00. The average molecular weight is 349 g/mol. The van der Waals surface area contributed by atoms with Crippen molar-refractivity contribution in [2.24, 2.45) is 23.7 Å². The molecule has 0 atom stereocenters. The summed E-state index contributed by atoms with van der Waals surface area (Å²) in [5, 5.41) is 0. The first-order valence-corrected chi connectivity index (χ1v) is 11.6. The maximum Gasteiger partial charge on any atom is -0.0438 e. The largest absolute Gasteiger partial charge is 0.0683 e. The molecular weight excluding hydrogens is 288 g/mol. The van der Waals surface area contributed by atoms with E-state index in [1.807, 2.05) is 83.1 Å². The highest BCUT2D eigenvalue weighted by Gasteiger charge is 2.20. The molecule has 0 amide bonds. The molecule has 2 saturated carbocycles. The van der Waals surface area contributed by atoms with E-state index in [2.05, 4.69) is 27.7 Å². The van der Waals surface area contributed by atoms with Crippen LogP contribution in [-0.4, -0.2) is 0 Å². The fourth-order valence-electron chi connectivity index (χ4n) is 2.61. The molecule has 0 unspecified atom stereocenters. The van der Waals surface area contributed by atoms with Gasteiger partial charge in [-0.3, -0.25) is 0 Å². The van der Waals surface area contributed by atoms with Gasteiger partial charge < -0.3 is 0 Å². The van der Waals surface area contributed by atoms with Crippen LogP contribution in [0.2, 0.25) is 0 Å². The van der Waals surface area contributed by atoms with Crippen molar-refractivity contribution in [2.75, 3.05) is 0 Å². The third-order valence-corrected chi connectivity index (χ3v) is 3.22. The average Bonchev–Trinajstić information content (AvgIpc) is 2.64. The van der Waals surface area contributed by atoms with Crippen LogP contribution >= 0.6 is 0 Å². The number of hydrogen-bond donors (Lipinski definition) is 0. The summed E-state index contributed by atoms with van der Waals surface area (Å²) in [7, 11) is 0. The fourth-order valence-corrected chi connectivity index (χ4v) is 2.61. The van der Waals surface area contributed by atoms with Crippen LogP contribution in [0.5, 0.6) is 0 Å². The lowest BCUT2D eigenvalue weighted by Gasteiger charge is -2.28. The van der Waals surface area contributed by atoms with Gasteiger partial charge in [0.2, 0.25) is 0 Å². The van der Waals surface area contributed by atoms with Crippen molar-refractivity contribution in [1.82, 2.24) is 0 Å². The second-order valence-electron chi connectivity index (χ2n) is 5.36. The van der Waals surface area contributed by atoms with Gasteiger partial charge in [-0.15, -0.1) is 0 Å². The van der Waals surface area contributed by atoms with Gasteiger partial charge in [-0.05, 0) is 49.4 Å². The molecule has 0 saturated heterocycles. The molecule has 0 heterocycles. The minimum Gasteiger partial charge on any atom is -0.0683 e. The topological polar surface area (TPSA) is 0 Å². The molecule has 2 rings (SSSR count). The SMILES string of the molecule is CC.CC.CC.CC.CC.CC.CC1CC(C)C1.CC1CC(C)C1. The van der Waals surface area contributed by atoms with Crippen LogP contribution in [0, 0.1) is 23.7 Å². The van der Waals surface area contributed by atoms with Crippen molar-refractivity contribution in [1.29, 1.82) is 0 Å². The quantitative estimate of drug-likeness (QED) is 0.408. The lowest BCUT2D eigenvalue weighted by molar-refractivity contribution is 0.233. The van der Waals surface area contributed by atoms with E-state index in [9.17, 15) is 0 Å². The Morgan fingerprint density at radius 1 is 0.292 bits per heavy atom. The zero-order valence-electron chi connectivity index (χ0n) is 21.1. The van der Waals surface area contributed by atoms with Crippen LogP contribution in [0.1, 0.15) is 136 Å². The minimum absolute atomic E-state index is 1.04. The molecule has 0 nitrogen and oxygen atoms in total. The second-order valence-corrected chi connectivity index (χ2v) is 5.36. The Morgan fingerprint density at radius 2 is 0.375 bits per heavy atom. The van der Waals surface area contributed by atoms with Gasteiger partial charge in [-0.25, -0.2) is 0 Å². The summed E-state index contributed by atoms with van der Waals surface area (Å²) in [6.07, 6.45) is 5.89. The monoisotopic (exact) mass is 348 g/mol. The summed E-state index contributed by atoms with van der Waals surface area (Å²) in [5.41, 5.74) is 0. The lowest BCUT2D eigenvalue weighted by atomic mass is 9.78. The van der Waals surface area contributed by atoms with Crippen LogP contribution < -0.4 is 0 Å². The Bertz CT molecular complexity index is 88.0. The number of hydrogen-bond acceptors (Lipinski definition) is 0. The van der Waals surface area contributed by atoms with Gasteiger partial charge in [0, 0.05) is 0 Å². The highest BCUT2D eigenvalue weighted by atomic mass is 14.3. The van der Waals surface area contributed by atoms with Crippen LogP contribution in [0.25, 0.3) is 0 Å². The third kappa shape index (κ3) is 37.9. The molecule has 0 N–H and O–H groups in total. The minimum atomic E-state index is 1.04. The van der Waals surface area contributed by atoms with Gasteiger partial charge in [-0.2, -0.15) is 0 Å². The Labute approximate surface area is 160 Å². The van der Waals surface area contributed by atoms with Gasteiger partial charge in [0.05, 0.1) is 0 Å². The maximum absolute atomic E-state index is 2.32. The second kappa shape index (κ2) is 43.5. The van der Waals surface area contributed by atoms with Crippen molar-refractivity contribution in [3.05, 3.63) is 0 Å². The highest BCUT2D eigenvalue weighted by molar-refractivity contribution is 4.71. The molecule has 2 aliphatic rings. The summed E-state index contributed by atoms with van der Waals surface area (Å²) in [5.74, 6) is 4.17. The van der Waals surface area contributed by atoms with Crippen molar-refractivity contribution in [3.8, 4) is 0 Å². The highest BCUT2D eigenvalue weighted by Crippen LogP contribution is 2.32. The van der Waals surface area contributed by atoms with Gasteiger partial charge in [0.25, 0.3) is 0 Å². The van der Waals surface area contributed by atoms with E-state index >= 15 is 0 Å². The lowest BCUT2D eigenvalue weighted by Crippen LogP contribution is -2.16. The van der Waals surface area contributed by atoms with Crippen LogP contribution in [0.3, 0.4) is 0 Å². The van der Waals surface area contributed by atoms with Crippen LogP contribution in [0.4, 0.5) is 0 Å². The molecule has 24 heavy (non-hydrogen) atoms. The Balaban J connectivity index is -0.0000000423. The molecule has 0 bridgehead atoms. The van der Waals surface area contributed by atoms with Crippen LogP contribution in [0.15, 0.2) is 0 Å². The van der Waals surface area contributed by atoms with Gasteiger partial charge >= 0.3 is 0 Å². The van der Waals surface area contributed by atoms with Crippen molar-refractivity contribution in [2.45, 2.75) is 136 Å². The summed E-state index contributed by atoms with van der Waals surface area (Å²) in [6, 6.07) is 0. The zero-order chi connectivity index (χ0) is 21.1. The molecule has 0 aromatic heterocycles. The predicted octanol–water partition coefficient (Wildman–Crippen LogP) is 10.3. The van der Waals surface area contributed by atoms with Crippen molar-refractivity contribution < 1.29 is 0 Å². The van der Waals surface area contributed by atoms with E-state index in [-0.39, 0.29) is 0 Å². The van der Waals surface area contributed by atoms with E-state index in [0.717, 1.165) is 23.7 Å². The van der Waals surface area contributed by atoms with E-state index in [1.165, 1.54) is 25.7 Å². The molecule has 0 aliphatic heterocycles. The smallest absolute Gasteiger partial charge is 0.0438 e. The maximum atomic E-state index is 2.32. The van der Waals surface area contributed by atoms with E-state index < -0.39 is 0 Å². The van der Waals surface area contributed by atoms with E-state index in [0.29, 0.717) is 0 Å². The summed E-state index contributed by atoms with van der Waals surface area (Å²) in [6.45, 7) is 33.3. The first-order valence-electron chi connectivity index (χ1n) is 11.6. The predicted molar refractivity (Wildman–Crippen MR) is 123 cm³/mol. The Kier molecular flexibility index (Phi) is 71.0. The first-order chi connectivity index (χ1) is 11.6. The normalized spacial score (nSPS) is 24.0. The van der Waals surface area contributed by atoms with Crippen molar-refractivity contribution in [3.63, 3.8) is 0 Å². The standard InChI is InChI=1S/2C6H12.6C2H6/c2*1-5-3-6(2)4-5;6*1-2/h2*5-6H,3-4H2,1-2H3;6*1-2H3. The van der Waals surface area contributed by atoms with Gasteiger partial charge in [0.1, 0.15) is 0 Å². The van der Waals surface area contributed by atoms with Gasteiger partial charge in [-0.1, -0.05) is 111 Å². The summed E-state index contributed by atoms with van der Waals surface area (Å²) < 4.78 is 0. The van der Waals surface area contributed by atoms with Crippen LogP contribution in [-0.2, 0) is 0 Å². The molecule has 156 valence electrons. The van der Waals surface area contributed by atoms with E-state index in [4.69, 9.17) is 0 Å². The summed E-state index contributed by atoms with van der Waals surface area (Å²) >= 11 is 0. The third-order valence-electron chi connectivity index (χ3n) is 3.22. The molecule has 2 fully saturated rings. The molecule has 0 aromatic rings. The Morgan fingerprint density at radius 3 is 0.375 bits per heavy atom. The molecule has 0 spiro atoms. The Hall–Kier alpha value is 0. The number of rotatable bonds is 0. The first kappa shape index (κ1) is 39.2. The molecule has 0 heteroatoms. The molecule has 0 radical (unpaired) electrons.